The highest BCUT2D eigenvalue weighted by Crippen LogP contribution is 2.37. The lowest BCUT2D eigenvalue weighted by molar-refractivity contribution is 0.0949. The zero-order chi connectivity index (χ0) is 25.8. The van der Waals surface area contributed by atoms with Crippen LogP contribution in [-0.4, -0.2) is 29.0 Å². The van der Waals surface area contributed by atoms with Crippen molar-refractivity contribution in [2.75, 3.05) is 18.7 Å². The van der Waals surface area contributed by atoms with E-state index >= 15 is 0 Å². The second-order valence-corrected chi connectivity index (χ2v) is 8.86. The minimum Gasteiger partial charge on any atom is -0.454 e. The fourth-order valence-corrected chi connectivity index (χ4v) is 3.73. The molecule has 1 aliphatic heterocycles. The third kappa shape index (κ3) is 5.40. The van der Waals surface area contributed by atoms with Crippen LogP contribution in [0, 0.1) is 5.92 Å². The molecule has 0 spiro atoms. The molecule has 5 rings (SSSR count). The molecule has 37 heavy (non-hydrogen) atoms. The Labute approximate surface area is 213 Å². The van der Waals surface area contributed by atoms with Crippen molar-refractivity contribution in [3.05, 3.63) is 94.9 Å². The van der Waals surface area contributed by atoms with Crippen LogP contribution in [0.15, 0.2) is 83.8 Å². The summed E-state index contributed by atoms with van der Waals surface area (Å²) in [5.41, 5.74) is 1.37. The zero-order valence-electron chi connectivity index (χ0n) is 20.4. The molecular formula is C28H26N4O5. The summed E-state index contributed by atoms with van der Waals surface area (Å²) in [5.74, 6) is 1.98. The number of carbonyl (C=O) groups is 1. The Balaban J connectivity index is 1.50. The first-order valence-electron chi connectivity index (χ1n) is 11.9. The standard InChI is InChI=1S/C28H26N4O5/c1-18(2)15-29-27(33)19-7-6-8-20(13-19)31-26-25(37-22-11-12-23-24(14-22)36-17-35-23)16-30-32(28(26)34)21-9-4-3-5-10-21/h3-14,16,18,31H,15,17H2,1-2H3,(H,29,33). The molecule has 2 heterocycles. The Hall–Kier alpha value is -4.79. The van der Waals surface area contributed by atoms with Gasteiger partial charge in [0.25, 0.3) is 11.5 Å². The first-order chi connectivity index (χ1) is 18.0. The summed E-state index contributed by atoms with van der Waals surface area (Å²) >= 11 is 0. The number of nitrogens with zero attached hydrogens (tertiary/aromatic N) is 2. The smallest absolute Gasteiger partial charge is 0.299 e. The maximum atomic E-state index is 13.6. The van der Waals surface area contributed by atoms with Gasteiger partial charge in [0, 0.05) is 23.9 Å². The van der Waals surface area contributed by atoms with Gasteiger partial charge in [-0.2, -0.15) is 9.78 Å². The molecule has 1 aliphatic rings. The third-order valence-electron chi connectivity index (χ3n) is 5.58. The van der Waals surface area contributed by atoms with Gasteiger partial charge in [0.2, 0.25) is 6.79 Å². The van der Waals surface area contributed by atoms with Crippen molar-refractivity contribution in [1.29, 1.82) is 0 Å². The van der Waals surface area contributed by atoms with Crippen molar-refractivity contribution < 1.29 is 19.0 Å². The molecule has 188 valence electrons. The van der Waals surface area contributed by atoms with Crippen molar-refractivity contribution in [1.82, 2.24) is 15.1 Å². The zero-order valence-corrected chi connectivity index (χ0v) is 20.4. The maximum Gasteiger partial charge on any atom is 0.299 e. The van der Waals surface area contributed by atoms with Gasteiger partial charge in [-0.15, -0.1) is 0 Å². The third-order valence-corrected chi connectivity index (χ3v) is 5.58. The van der Waals surface area contributed by atoms with Crippen molar-refractivity contribution in [2.45, 2.75) is 13.8 Å². The average Bonchev–Trinajstić information content (AvgIpc) is 3.38. The fourth-order valence-electron chi connectivity index (χ4n) is 3.73. The van der Waals surface area contributed by atoms with Gasteiger partial charge in [-0.1, -0.05) is 38.1 Å². The van der Waals surface area contributed by atoms with E-state index in [4.69, 9.17) is 14.2 Å². The maximum absolute atomic E-state index is 13.6. The van der Waals surface area contributed by atoms with Gasteiger partial charge in [0.15, 0.2) is 22.9 Å². The highest BCUT2D eigenvalue weighted by molar-refractivity contribution is 5.95. The minimum absolute atomic E-state index is 0.140. The highest BCUT2D eigenvalue weighted by atomic mass is 16.7. The summed E-state index contributed by atoms with van der Waals surface area (Å²) < 4.78 is 18.2. The Kier molecular flexibility index (Phi) is 6.76. The van der Waals surface area contributed by atoms with Gasteiger partial charge in [-0.25, -0.2) is 0 Å². The molecule has 0 atom stereocenters. The molecule has 3 aromatic carbocycles. The Morgan fingerprint density at radius 3 is 2.65 bits per heavy atom. The first-order valence-corrected chi connectivity index (χ1v) is 11.9. The van der Waals surface area contributed by atoms with Crippen LogP contribution < -0.4 is 30.4 Å². The highest BCUT2D eigenvalue weighted by Gasteiger charge is 2.18. The number of rotatable bonds is 8. The number of hydrogen-bond donors (Lipinski definition) is 2. The first kappa shape index (κ1) is 23.9. The number of aromatic nitrogens is 2. The summed E-state index contributed by atoms with van der Waals surface area (Å²) in [5, 5.41) is 10.4. The van der Waals surface area contributed by atoms with Crippen LogP contribution in [0.1, 0.15) is 24.2 Å². The number of amides is 1. The van der Waals surface area contributed by atoms with Crippen LogP contribution in [0.5, 0.6) is 23.0 Å². The van der Waals surface area contributed by atoms with E-state index in [-0.39, 0.29) is 24.1 Å². The van der Waals surface area contributed by atoms with Crippen LogP contribution >= 0.6 is 0 Å². The van der Waals surface area contributed by atoms with Crippen LogP contribution in [0.4, 0.5) is 11.4 Å². The number of anilines is 2. The van der Waals surface area contributed by atoms with E-state index in [1.807, 2.05) is 32.0 Å². The van der Waals surface area contributed by atoms with Gasteiger partial charge in [-0.3, -0.25) is 9.59 Å². The predicted molar refractivity (Wildman–Crippen MR) is 139 cm³/mol. The van der Waals surface area contributed by atoms with Gasteiger partial charge in [0.1, 0.15) is 5.75 Å². The molecule has 0 fully saturated rings. The largest absolute Gasteiger partial charge is 0.454 e. The quantitative estimate of drug-likeness (QED) is 0.357. The monoisotopic (exact) mass is 498 g/mol. The van der Waals surface area contributed by atoms with E-state index in [1.54, 1.807) is 54.6 Å². The lowest BCUT2D eigenvalue weighted by Crippen LogP contribution is -2.27. The number of para-hydroxylation sites is 1. The molecular weight excluding hydrogens is 472 g/mol. The van der Waals surface area contributed by atoms with E-state index in [9.17, 15) is 9.59 Å². The van der Waals surface area contributed by atoms with Crippen LogP contribution in [0.25, 0.3) is 5.69 Å². The van der Waals surface area contributed by atoms with Crippen molar-refractivity contribution in [3.63, 3.8) is 0 Å². The molecule has 0 aliphatic carbocycles. The molecule has 9 heteroatoms. The van der Waals surface area contributed by atoms with Crippen molar-refractivity contribution in [3.8, 4) is 28.7 Å². The minimum atomic E-state index is -0.417. The molecule has 0 unspecified atom stereocenters. The van der Waals surface area contributed by atoms with Gasteiger partial charge in [-0.05, 0) is 48.4 Å². The molecule has 1 amide bonds. The fraction of sp³-hybridized carbons (Fsp3) is 0.179. The number of carbonyl (C=O) groups excluding carboxylic acids is 1. The summed E-state index contributed by atoms with van der Waals surface area (Å²) in [7, 11) is 0. The predicted octanol–water partition coefficient (Wildman–Crippen LogP) is 4.88. The molecule has 2 N–H and O–H groups in total. The summed E-state index contributed by atoms with van der Waals surface area (Å²) in [6.07, 6.45) is 1.47. The number of nitrogens with one attached hydrogen (secondary N) is 2. The summed E-state index contributed by atoms with van der Waals surface area (Å²) in [4.78, 5) is 26.2. The molecule has 0 bridgehead atoms. The van der Waals surface area contributed by atoms with E-state index in [0.717, 1.165) is 0 Å². The number of hydrogen-bond acceptors (Lipinski definition) is 7. The van der Waals surface area contributed by atoms with Gasteiger partial charge in [0.05, 0.1) is 11.9 Å². The van der Waals surface area contributed by atoms with Gasteiger partial charge >= 0.3 is 0 Å². The topological polar surface area (TPSA) is 104 Å². The lowest BCUT2D eigenvalue weighted by atomic mass is 10.1. The van der Waals surface area contributed by atoms with Crippen molar-refractivity contribution in [2.24, 2.45) is 5.92 Å². The van der Waals surface area contributed by atoms with E-state index in [2.05, 4.69) is 15.7 Å². The van der Waals surface area contributed by atoms with Crippen LogP contribution in [0.2, 0.25) is 0 Å². The second-order valence-electron chi connectivity index (χ2n) is 8.86. The molecule has 9 nitrogen and oxygen atoms in total. The van der Waals surface area contributed by atoms with Crippen molar-refractivity contribution >= 4 is 17.3 Å². The molecule has 0 saturated heterocycles. The molecule has 1 aromatic heterocycles. The molecule has 0 saturated carbocycles. The van der Waals surface area contributed by atoms with E-state index in [1.165, 1.54) is 10.9 Å². The van der Waals surface area contributed by atoms with Gasteiger partial charge < -0.3 is 24.8 Å². The second kappa shape index (κ2) is 10.4. The Bertz CT molecular complexity index is 1480. The molecule has 0 radical (unpaired) electrons. The number of ether oxygens (including phenoxy) is 3. The lowest BCUT2D eigenvalue weighted by Gasteiger charge is -2.15. The van der Waals surface area contributed by atoms with E-state index < -0.39 is 5.56 Å². The number of fused-ring (bicyclic) bond motifs is 1. The van der Waals surface area contributed by atoms with Crippen LogP contribution in [-0.2, 0) is 0 Å². The normalized spacial score (nSPS) is 11.9. The van der Waals surface area contributed by atoms with Crippen LogP contribution in [0.3, 0.4) is 0 Å². The number of benzene rings is 3. The molecule has 4 aromatic rings. The van der Waals surface area contributed by atoms with E-state index in [0.29, 0.717) is 46.6 Å². The average molecular weight is 499 g/mol. The summed E-state index contributed by atoms with van der Waals surface area (Å²) in [6.45, 7) is 4.76. The Morgan fingerprint density at radius 1 is 1.03 bits per heavy atom. The summed E-state index contributed by atoms with van der Waals surface area (Å²) in [6, 6.07) is 21.2. The SMILES string of the molecule is CC(C)CNC(=O)c1cccc(Nc2c(Oc3ccc4c(c3)OCO4)cnn(-c3ccccc3)c2=O)c1. The Morgan fingerprint density at radius 2 is 1.84 bits per heavy atom.